The van der Waals surface area contributed by atoms with Gasteiger partial charge in [-0.1, -0.05) is 32.8 Å². The van der Waals surface area contributed by atoms with Crippen molar-refractivity contribution in [3.05, 3.63) is 29.3 Å². The number of hydrogen-bond donors (Lipinski definition) is 1. The molecule has 2 rings (SSSR count). The van der Waals surface area contributed by atoms with Crippen molar-refractivity contribution >= 4 is 0 Å². The fourth-order valence-corrected chi connectivity index (χ4v) is 3.37. The largest absolute Gasteiger partial charge is 0.497 e. The summed E-state index contributed by atoms with van der Waals surface area (Å²) in [6.45, 7) is 6.76. The van der Waals surface area contributed by atoms with Gasteiger partial charge in [-0.2, -0.15) is 0 Å². The second-order valence-electron chi connectivity index (χ2n) is 5.88. The van der Waals surface area contributed by atoms with E-state index in [0.29, 0.717) is 11.8 Å². The molecule has 1 aromatic carbocycles. The predicted molar refractivity (Wildman–Crippen MR) is 75.8 cm³/mol. The van der Waals surface area contributed by atoms with Gasteiger partial charge < -0.3 is 10.5 Å². The highest BCUT2D eigenvalue weighted by Gasteiger charge is 2.40. The summed E-state index contributed by atoms with van der Waals surface area (Å²) in [4.78, 5) is 0. The number of nitrogens with two attached hydrogens (primary N) is 1. The summed E-state index contributed by atoms with van der Waals surface area (Å²) in [5.74, 6) is 2.14. The maximum Gasteiger partial charge on any atom is 0.119 e. The Balaban J connectivity index is 2.40. The van der Waals surface area contributed by atoms with Crippen molar-refractivity contribution in [3.8, 4) is 5.75 Å². The smallest absolute Gasteiger partial charge is 0.119 e. The van der Waals surface area contributed by atoms with Gasteiger partial charge in [0.25, 0.3) is 0 Å². The normalized spacial score (nSPS) is 32.3. The number of hydrogen-bond acceptors (Lipinski definition) is 2. The molecule has 0 amide bonds. The first kappa shape index (κ1) is 13.4. The molecule has 0 heterocycles. The number of methoxy groups -OCH3 is 1. The lowest BCUT2D eigenvalue weighted by atomic mass is 9.65. The summed E-state index contributed by atoms with van der Waals surface area (Å²) in [6, 6.07) is 6.28. The summed E-state index contributed by atoms with van der Waals surface area (Å²) in [7, 11) is 1.71. The van der Waals surface area contributed by atoms with E-state index in [9.17, 15) is 0 Å². The van der Waals surface area contributed by atoms with Gasteiger partial charge in [0.2, 0.25) is 0 Å². The summed E-state index contributed by atoms with van der Waals surface area (Å²) < 4.78 is 5.28. The first-order chi connectivity index (χ1) is 8.49. The van der Waals surface area contributed by atoms with Crippen LogP contribution in [0.4, 0.5) is 0 Å². The highest BCUT2D eigenvalue weighted by Crippen LogP contribution is 2.43. The third-order valence-electron chi connectivity index (χ3n) is 4.85. The van der Waals surface area contributed by atoms with E-state index in [1.54, 1.807) is 7.11 Å². The van der Waals surface area contributed by atoms with E-state index in [4.69, 9.17) is 10.5 Å². The third kappa shape index (κ3) is 2.14. The van der Waals surface area contributed by atoms with Crippen LogP contribution in [-0.4, -0.2) is 7.11 Å². The average molecular weight is 247 g/mol. The van der Waals surface area contributed by atoms with Crippen molar-refractivity contribution in [1.82, 2.24) is 0 Å². The summed E-state index contributed by atoms with van der Waals surface area (Å²) >= 11 is 0. The van der Waals surface area contributed by atoms with Crippen LogP contribution in [0.25, 0.3) is 0 Å². The molecule has 1 aromatic rings. The SMILES string of the molecule is COc1ccc(C2(N)CCCC(C)C2C)c(C)c1. The highest BCUT2D eigenvalue weighted by atomic mass is 16.5. The maximum atomic E-state index is 6.77. The van der Waals surface area contributed by atoms with Crippen molar-refractivity contribution in [2.75, 3.05) is 7.11 Å². The van der Waals surface area contributed by atoms with Crippen molar-refractivity contribution in [2.45, 2.75) is 45.6 Å². The molecule has 1 aliphatic rings. The summed E-state index contributed by atoms with van der Waals surface area (Å²) in [5.41, 5.74) is 9.14. The monoisotopic (exact) mass is 247 g/mol. The second-order valence-corrected chi connectivity index (χ2v) is 5.88. The van der Waals surface area contributed by atoms with Gasteiger partial charge in [-0.05, 0) is 48.4 Å². The number of benzene rings is 1. The molecule has 2 heteroatoms. The zero-order valence-electron chi connectivity index (χ0n) is 12.0. The maximum absolute atomic E-state index is 6.77. The Morgan fingerprint density at radius 2 is 2.06 bits per heavy atom. The number of ether oxygens (including phenoxy) is 1. The Labute approximate surface area is 111 Å². The zero-order valence-corrected chi connectivity index (χ0v) is 12.0. The molecule has 0 radical (unpaired) electrons. The van der Waals surface area contributed by atoms with Crippen molar-refractivity contribution < 1.29 is 4.74 Å². The molecule has 3 atom stereocenters. The molecule has 1 fully saturated rings. The van der Waals surface area contributed by atoms with E-state index >= 15 is 0 Å². The van der Waals surface area contributed by atoms with E-state index in [1.807, 2.05) is 6.07 Å². The van der Waals surface area contributed by atoms with Crippen molar-refractivity contribution in [1.29, 1.82) is 0 Å². The topological polar surface area (TPSA) is 35.2 Å². The van der Waals surface area contributed by atoms with Crippen LogP contribution in [0.2, 0.25) is 0 Å². The molecule has 1 saturated carbocycles. The molecule has 2 N–H and O–H groups in total. The molecule has 100 valence electrons. The minimum Gasteiger partial charge on any atom is -0.497 e. The molecule has 0 aliphatic heterocycles. The van der Waals surface area contributed by atoms with E-state index in [0.717, 1.165) is 12.2 Å². The molecule has 18 heavy (non-hydrogen) atoms. The minimum absolute atomic E-state index is 0.173. The van der Waals surface area contributed by atoms with Crippen LogP contribution in [0.1, 0.15) is 44.2 Å². The molecule has 0 spiro atoms. The van der Waals surface area contributed by atoms with Gasteiger partial charge in [0.05, 0.1) is 7.11 Å². The minimum atomic E-state index is -0.173. The lowest BCUT2D eigenvalue weighted by molar-refractivity contribution is 0.143. The standard InChI is InChI=1S/C16H25NO/c1-11-6-5-9-16(17,13(11)3)15-8-7-14(18-4)10-12(15)2/h7-8,10-11,13H,5-6,9,17H2,1-4H3. The summed E-state index contributed by atoms with van der Waals surface area (Å²) in [5, 5.41) is 0. The highest BCUT2D eigenvalue weighted by molar-refractivity contribution is 5.39. The van der Waals surface area contributed by atoms with Gasteiger partial charge in [0.1, 0.15) is 5.75 Å². The Hall–Kier alpha value is -1.02. The van der Waals surface area contributed by atoms with Crippen LogP contribution < -0.4 is 10.5 Å². The van der Waals surface area contributed by atoms with Crippen LogP contribution in [0, 0.1) is 18.8 Å². The number of aryl methyl sites for hydroxylation is 1. The van der Waals surface area contributed by atoms with Gasteiger partial charge in [-0.15, -0.1) is 0 Å². The van der Waals surface area contributed by atoms with Crippen LogP contribution in [-0.2, 0) is 5.54 Å². The molecular weight excluding hydrogens is 222 g/mol. The van der Waals surface area contributed by atoms with Gasteiger partial charge >= 0.3 is 0 Å². The fourth-order valence-electron chi connectivity index (χ4n) is 3.37. The van der Waals surface area contributed by atoms with Gasteiger partial charge in [-0.3, -0.25) is 0 Å². The van der Waals surface area contributed by atoms with Crippen molar-refractivity contribution in [2.24, 2.45) is 17.6 Å². The first-order valence-corrected chi connectivity index (χ1v) is 6.93. The quantitative estimate of drug-likeness (QED) is 0.866. The Morgan fingerprint density at radius 1 is 1.33 bits per heavy atom. The first-order valence-electron chi connectivity index (χ1n) is 6.93. The molecular formula is C16H25NO. The number of rotatable bonds is 2. The molecule has 0 aromatic heterocycles. The van der Waals surface area contributed by atoms with Crippen LogP contribution in [0.15, 0.2) is 18.2 Å². The third-order valence-corrected chi connectivity index (χ3v) is 4.85. The lowest BCUT2D eigenvalue weighted by Crippen LogP contribution is -2.48. The van der Waals surface area contributed by atoms with E-state index in [-0.39, 0.29) is 5.54 Å². The summed E-state index contributed by atoms with van der Waals surface area (Å²) in [6.07, 6.45) is 3.62. The van der Waals surface area contributed by atoms with Crippen LogP contribution in [0.5, 0.6) is 5.75 Å². The Morgan fingerprint density at radius 3 is 2.67 bits per heavy atom. The van der Waals surface area contributed by atoms with E-state index < -0.39 is 0 Å². The second kappa shape index (κ2) is 4.93. The average Bonchev–Trinajstić information content (AvgIpc) is 2.35. The van der Waals surface area contributed by atoms with E-state index in [1.165, 1.54) is 24.0 Å². The van der Waals surface area contributed by atoms with E-state index in [2.05, 4.69) is 32.9 Å². The molecule has 0 saturated heterocycles. The van der Waals surface area contributed by atoms with Crippen molar-refractivity contribution in [3.63, 3.8) is 0 Å². The molecule has 0 bridgehead atoms. The van der Waals surface area contributed by atoms with Gasteiger partial charge in [0, 0.05) is 5.54 Å². The molecule has 1 aliphatic carbocycles. The van der Waals surface area contributed by atoms with Crippen LogP contribution >= 0.6 is 0 Å². The Kier molecular flexibility index (Phi) is 3.67. The van der Waals surface area contributed by atoms with Gasteiger partial charge in [-0.25, -0.2) is 0 Å². The predicted octanol–water partition coefficient (Wildman–Crippen LogP) is 3.61. The fraction of sp³-hybridized carbons (Fsp3) is 0.625. The molecule has 2 nitrogen and oxygen atoms in total. The Bertz CT molecular complexity index is 429. The van der Waals surface area contributed by atoms with Gasteiger partial charge in [0.15, 0.2) is 0 Å². The lowest BCUT2D eigenvalue weighted by Gasteiger charge is -2.44. The zero-order chi connectivity index (χ0) is 13.3. The van der Waals surface area contributed by atoms with Crippen LogP contribution in [0.3, 0.4) is 0 Å². The molecule has 3 unspecified atom stereocenters.